The Hall–Kier alpha value is -1.36. The minimum Gasteiger partial charge on any atom is -0.355 e. The molecule has 0 unspecified atom stereocenters. The third kappa shape index (κ3) is 2.49. The van der Waals surface area contributed by atoms with Crippen molar-refractivity contribution in [1.82, 2.24) is 14.5 Å². The molecule has 1 aliphatic carbocycles. The Morgan fingerprint density at radius 1 is 1.53 bits per heavy atom. The van der Waals surface area contributed by atoms with E-state index in [4.69, 9.17) is 0 Å². The van der Waals surface area contributed by atoms with Crippen LogP contribution >= 0.6 is 11.3 Å². The molecular weight excluding hydrogens is 232 g/mol. The SMILES string of the molecule is Cc1csc(CCNc2nccn2C2CC2)n1. The molecule has 17 heavy (non-hydrogen) atoms. The first-order valence-electron chi connectivity index (χ1n) is 6.00. The molecular formula is C12H16N4S. The Kier molecular flexibility index (Phi) is 2.84. The summed E-state index contributed by atoms with van der Waals surface area (Å²) in [7, 11) is 0. The summed E-state index contributed by atoms with van der Waals surface area (Å²) < 4.78 is 2.24. The molecule has 1 fully saturated rings. The Bertz CT molecular complexity index is 498. The second-order valence-corrected chi connectivity index (χ2v) is 5.39. The highest BCUT2D eigenvalue weighted by atomic mass is 32.1. The van der Waals surface area contributed by atoms with Gasteiger partial charge < -0.3 is 9.88 Å². The maximum Gasteiger partial charge on any atom is 0.203 e. The Labute approximate surface area is 105 Å². The van der Waals surface area contributed by atoms with Gasteiger partial charge in [-0.15, -0.1) is 11.3 Å². The van der Waals surface area contributed by atoms with E-state index >= 15 is 0 Å². The van der Waals surface area contributed by atoms with Gasteiger partial charge in [0.2, 0.25) is 5.95 Å². The minimum absolute atomic E-state index is 0.683. The van der Waals surface area contributed by atoms with Crippen LogP contribution in [0.5, 0.6) is 0 Å². The molecule has 90 valence electrons. The van der Waals surface area contributed by atoms with Crippen molar-refractivity contribution in [2.24, 2.45) is 0 Å². The van der Waals surface area contributed by atoms with Crippen LogP contribution < -0.4 is 5.32 Å². The first-order chi connectivity index (χ1) is 8.33. The van der Waals surface area contributed by atoms with Crippen LogP contribution in [0.2, 0.25) is 0 Å². The van der Waals surface area contributed by atoms with Crippen molar-refractivity contribution in [3.05, 3.63) is 28.5 Å². The smallest absolute Gasteiger partial charge is 0.203 e. The Balaban J connectivity index is 1.55. The fraction of sp³-hybridized carbons (Fsp3) is 0.500. The monoisotopic (exact) mass is 248 g/mol. The molecule has 0 amide bonds. The first-order valence-corrected chi connectivity index (χ1v) is 6.88. The maximum atomic E-state index is 4.45. The van der Waals surface area contributed by atoms with Crippen LogP contribution in [0.1, 0.15) is 29.6 Å². The maximum absolute atomic E-state index is 4.45. The van der Waals surface area contributed by atoms with Crippen LogP contribution in [0.25, 0.3) is 0 Å². The van der Waals surface area contributed by atoms with Crippen LogP contribution in [0.3, 0.4) is 0 Å². The van der Waals surface area contributed by atoms with E-state index in [1.54, 1.807) is 11.3 Å². The van der Waals surface area contributed by atoms with Gasteiger partial charge in [0.25, 0.3) is 0 Å². The van der Waals surface area contributed by atoms with E-state index in [0.29, 0.717) is 6.04 Å². The van der Waals surface area contributed by atoms with Gasteiger partial charge in [-0.2, -0.15) is 0 Å². The van der Waals surface area contributed by atoms with Crippen LogP contribution in [0.15, 0.2) is 17.8 Å². The van der Waals surface area contributed by atoms with Crippen molar-refractivity contribution in [1.29, 1.82) is 0 Å². The van der Waals surface area contributed by atoms with E-state index in [2.05, 4.69) is 31.4 Å². The largest absolute Gasteiger partial charge is 0.355 e. The summed E-state index contributed by atoms with van der Waals surface area (Å²) in [6, 6.07) is 0.683. The topological polar surface area (TPSA) is 42.7 Å². The van der Waals surface area contributed by atoms with Crippen molar-refractivity contribution >= 4 is 17.3 Å². The fourth-order valence-electron chi connectivity index (χ4n) is 1.90. The molecule has 0 atom stereocenters. The van der Waals surface area contributed by atoms with Crippen LogP contribution in [-0.2, 0) is 6.42 Å². The molecule has 4 nitrogen and oxygen atoms in total. The normalized spacial score (nSPS) is 15.1. The standard InChI is InChI=1S/C12H16N4S/c1-9-8-17-11(15-9)4-5-13-12-14-6-7-16(12)10-2-3-10/h6-8,10H,2-5H2,1H3,(H,13,14). The van der Waals surface area contributed by atoms with Gasteiger partial charge in [0.1, 0.15) is 0 Å². The lowest BCUT2D eigenvalue weighted by atomic mass is 10.4. The average molecular weight is 248 g/mol. The zero-order chi connectivity index (χ0) is 11.7. The predicted octanol–water partition coefficient (Wildman–Crippen LogP) is 2.64. The van der Waals surface area contributed by atoms with Gasteiger partial charge in [-0.25, -0.2) is 9.97 Å². The summed E-state index contributed by atoms with van der Waals surface area (Å²) in [5.74, 6) is 1.00. The number of imidazole rings is 1. The first kappa shape index (κ1) is 10.8. The van der Waals surface area contributed by atoms with Gasteiger partial charge in [-0.1, -0.05) is 0 Å². The Morgan fingerprint density at radius 3 is 3.12 bits per heavy atom. The highest BCUT2D eigenvalue weighted by Crippen LogP contribution is 2.36. The van der Waals surface area contributed by atoms with Gasteiger partial charge >= 0.3 is 0 Å². The average Bonchev–Trinajstić information content (AvgIpc) is 2.92. The Morgan fingerprint density at radius 2 is 2.41 bits per heavy atom. The van der Waals surface area contributed by atoms with Gasteiger partial charge in [-0.05, 0) is 19.8 Å². The second kappa shape index (κ2) is 4.49. The molecule has 0 bridgehead atoms. The van der Waals surface area contributed by atoms with Crippen molar-refractivity contribution in [2.45, 2.75) is 32.2 Å². The highest BCUT2D eigenvalue weighted by Gasteiger charge is 2.25. The van der Waals surface area contributed by atoms with E-state index in [0.717, 1.165) is 24.6 Å². The molecule has 5 heteroatoms. The predicted molar refractivity (Wildman–Crippen MR) is 69.5 cm³/mol. The summed E-state index contributed by atoms with van der Waals surface area (Å²) in [5.41, 5.74) is 1.12. The molecule has 0 radical (unpaired) electrons. The molecule has 1 aliphatic rings. The lowest BCUT2D eigenvalue weighted by Crippen LogP contribution is -2.09. The van der Waals surface area contributed by atoms with Gasteiger partial charge in [0, 0.05) is 42.5 Å². The number of aromatic nitrogens is 3. The number of thiazole rings is 1. The number of nitrogens with zero attached hydrogens (tertiary/aromatic N) is 3. The lowest BCUT2D eigenvalue weighted by Gasteiger charge is -2.07. The van der Waals surface area contributed by atoms with Gasteiger partial charge in [0.05, 0.1) is 5.01 Å². The molecule has 3 rings (SSSR count). The molecule has 1 N–H and O–H groups in total. The van der Waals surface area contributed by atoms with E-state index in [1.165, 1.54) is 17.8 Å². The van der Waals surface area contributed by atoms with E-state index in [-0.39, 0.29) is 0 Å². The quantitative estimate of drug-likeness (QED) is 0.884. The third-order valence-electron chi connectivity index (χ3n) is 2.90. The van der Waals surface area contributed by atoms with Gasteiger partial charge in [-0.3, -0.25) is 0 Å². The number of anilines is 1. The minimum atomic E-state index is 0.683. The molecule has 2 aromatic heterocycles. The summed E-state index contributed by atoms with van der Waals surface area (Å²) in [4.78, 5) is 8.80. The number of hydrogen-bond donors (Lipinski definition) is 1. The fourth-order valence-corrected chi connectivity index (χ4v) is 2.67. The summed E-state index contributed by atoms with van der Waals surface area (Å²) >= 11 is 1.73. The van der Waals surface area contributed by atoms with Crippen molar-refractivity contribution in [3.8, 4) is 0 Å². The molecule has 0 aliphatic heterocycles. The molecule has 2 aromatic rings. The summed E-state index contributed by atoms with van der Waals surface area (Å²) in [5, 5.41) is 6.68. The molecule has 0 aromatic carbocycles. The van der Waals surface area contributed by atoms with Crippen molar-refractivity contribution in [2.75, 3.05) is 11.9 Å². The van der Waals surface area contributed by atoms with Crippen LogP contribution in [0, 0.1) is 6.92 Å². The van der Waals surface area contributed by atoms with E-state index in [9.17, 15) is 0 Å². The number of nitrogens with one attached hydrogen (secondary N) is 1. The number of hydrogen-bond acceptors (Lipinski definition) is 4. The molecule has 1 saturated carbocycles. The molecule has 2 heterocycles. The molecule has 0 saturated heterocycles. The van der Waals surface area contributed by atoms with E-state index in [1.807, 2.05) is 13.1 Å². The molecule has 0 spiro atoms. The third-order valence-corrected chi connectivity index (χ3v) is 3.92. The zero-order valence-electron chi connectivity index (χ0n) is 9.89. The van der Waals surface area contributed by atoms with Crippen LogP contribution in [0.4, 0.5) is 5.95 Å². The summed E-state index contributed by atoms with van der Waals surface area (Å²) in [6.07, 6.45) is 7.48. The van der Waals surface area contributed by atoms with Crippen molar-refractivity contribution < 1.29 is 0 Å². The zero-order valence-corrected chi connectivity index (χ0v) is 10.7. The second-order valence-electron chi connectivity index (χ2n) is 4.45. The summed E-state index contributed by atoms with van der Waals surface area (Å²) in [6.45, 7) is 2.93. The number of aryl methyl sites for hydroxylation is 1. The highest BCUT2D eigenvalue weighted by molar-refractivity contribution is 7.09. The van der Waals surface area contributed by atoms with E-state index < -0.39 is 0 Å². The van der Waals surface area contributed by atoms with Crippen LogP contribution in [-0.4, -0.2) is 21.1 Å². The lowest BCUT2D eigenvalue weighted by molar-refractivity contribution is 0.742. The van der Waals surface area contributed by atoms with Crippen molar-refractivity contribution in [3.63, 3.8) is 0 Å². The number of rotatable bonds is 5. The van der Waals surface area contributed by atoms with Gasteiger partial charge in [0.15, 0.2) is 0 Å².